The van der Waals surface area contributed by atoms with Crippen LogP contribution in [0.15, 0.2) is 218 Å². The zero-order valence-electron chi connectivity index (χ0n) is 40.1. The van der Waals surface area contributed by atoms with E-state index in [0.717, 1.165) is 12.8 Å². The molecule has 0 amide bonds. The summed E-state index contributed by atoms with van der Waals surface area (Å²) in [5.74, 6) is 0. The van der Waals surface area contributed by atoms with Gasteiger partial charge in [0.15, 0.2) is 0 Å². The summed E-state index contributed by atoms with van der Waals surface area (Å²) in [6, 6.07) is 82.7. The van der Waals surface area contributed by atoms with Gasteiger partial charge in [0.1, 0.15) is 0 Å². The molecule has 0 saturated heterocycles. The number of benzene rings is 11. The maximum Gasteiger partial charge on any atom is 0.0528 e. The lowest BCUT2D eigenvalue weighted by Crippen LogP contribution is -2.30. The Morgan fingerprint density at radius 2 is 0.686 bits per heavy atom. The molecule has 0 aromatic heterocycles. The zero-order chi connectivity index (χ0) is 46.7. The molecule has 0 N–H and O–H groups in total. The van der Waals surface area contributed by atoms with Gasteiger partial charge in [-0.2, -0.15) is 0 Å². The Bertz CT molecular complexity index is 3770. The smallest absolute Gasteiger partial charge is 0.0528 e. The first-order chi connectivity index (χ1) is 34.2. The van der Waals surface area contributed by atoms with Crippen molar-refractivity contribution in [3.8, 4) is 44.5 Å². The minimum Gasteiger partial charge on any atom is -0.334 e. The van der Waals surface area contributed by atoms with E-state index in [4.69, 9.17) is 0 Å². The van der Waals surface area contributed by atoms with E-state index in [0.29, 0.717) is 0 Å². The lowest BCUT2D eigenvalue weighted by molar-refractivity contribution is 0.639. The maximum absolute atomic E-state index is 2.60. The SMILES string of the molecule is CC12CC1(C)N(c1ccccc1)c1ccc(-c3ccc4c(-c5cccc6ccccc56)c5cc(-c6ccc7c(c6)C6(C)CC6(C)N7c6ccccc6)ccc5c(-c5cccc6ccccc56)c4c3)cc12. The van der Waals surface area contributed by atoms with Gasteiger partial charge in [-0.15, -0.1) is 0 Å². The topological polar surface area (TPSA) is 6.48 Å². The number of fused-ring (bicyclic) bond motifs is 10. The van der Waals surface area contributed by atoms with Crippen LogP contribution in [0.2, 0.25) is 0 Å². The van der Waals surface area contributed by atoms with Crippen molar-refractivity contribution in [1.82, 2.24) is 0 Å². The van der Waals surface area contributed by atoms with E-state index < -0.39 is 0 Å². The summed E-state index contributed by atoms with van der Waals surface area (Å²) in [6.45, 7) is 9.84. The predicted octanol–water partition coefficient (Wildman–Crippen LogP) is 18.1. The third-order valence-corrected chi connectivity index (χ3v) is 18.1. The minimum atomic E-state index is 0.0596. The van der Waals surface area contributed by atoms with Gasteiger partial charge in [-0.3, -0.25) is 0 Å². The Labute approximate surface area is 410 Å². The summed E-state index contributed by atoms with van der Waals surface area (Å²) in [7, 11) is 0. The molecule has 4 aliphatic rings. The molecule has 4 atom stereocenters. The first-order valence-corrected chi connectivity index (χ1v) is 25.2. The molecule has 2 saturated carbocycles. The zero-order valence-corrected chi connectivity index (χ0v) is 40.1. The molecule has 2 nitrogen and oxygen atoms in total. The molecular weight excluding hydrogens is 845 g/mol. The lowest BCUT2D eigenvalue weighted by Gasteiger charge is -2.29. The van der Waals surface area contributed by atoms with Crippen LogP contribution in [0.4, 0.5) is 22.7 Å². The molecule has 11 aromatic rings. The molecule has 334 valence electrons. The van der Waals surface area contributed by atoms with Crippen molar-refractivity contribution in [3.63, 3.8) is 0 Å². The van der Waals surface area contributed by atoms with E-state index in [-0.39, 0.29) is 21.9 Å². The fourth-order valence-corrected chi connectivity index (χ4v) is 14.0. The monoisotopic (exact) mass is 896 g/mol. The lowest BCUT2D eigenvalue weighted by atomic mass is 9.81. The van der Waals surface area contributed by atoms with Gasteiger partial charge in [0.2, 0.25) is 0 Å². The van der Waals surface area contributed by atoms with Crippen LogP contribution >= 0.6 is 0 Å². The molecular formula is C68H52N2. The minimum absolute atomic E-state index is 0.0596. The average Bonchev–Trinajstić information content (AvgIpc) is 4.14. The highest BCUT2D eigenvalue weighted by molar-refractivity contribution is 6.26. The Hall–Kier alpha value is -7.94. The van der Waals surface area contributed by atoms with Crippen molar-refractivity contribution in [2.24, 2.45) is 0 Å². The van der Waals surface area contributed by atoms with Crippen LogP contribution in [0.25, 0.3) is 87.6 Å². The van der Waals surface area contributed by atoms with Crippen LogP contribution in [-0.2, 0) is 10.8 Å². The summed E-state index contributed by atoms with van der Waals surface area (Å²) in [5.41, 5.74) is 18.5. The Balaban J connectivity index is 0.987. The van der Waals surface area contributed by atoms with Crippen LogP contribution in [-0.4, -0.2) is 11.1 Å². The summed E-state index contributed by atoms with van der Waals surface area (Å²) in [4.78, 5) is 5.21. The van der Waals surface area contributed by atoms with Crippen molar-refractivity contribution in [2.75, 3.05) is 9.80 Å². The second kappa shape index (κ2) is 13.9. The van der Waals surface area contributed by atoms with Crippen molar-refractivity contribution >= 4 is 65.8 Å². The molecule has 70 heavy (non-hydrogen) atoms. The van der Waals surface area contributed by atoms with E-state index in [1.165, 1.54) is 121 Å². The van der Waals surface area contributed by atoms with Crippen LogP contribution in [0.3, 0.4) is 0 Å². The fraction of sp³-hybridized carbons (Fsp3) is 0.147. The van der Waals surface area contributed by atoms with Crippen LogP contribution in [0, 0.1) is 0 Å². The first-order valence-electron chi connectivity index (χ1n) is 25.2. The van der Waals surface area contributed by atoms with E-state index in [9.17, 15) is 0 Å². The highest BCUT2D eigenvalue weighted by Gasteiger charge is 2.71. The van der Waals surface area contributed by atoms with Crippen molar-refractivity contribution < 1.29 is 0 Å². The molecule has 0 bridgehead atoms. The fourth-order valence-electron chi connectivity index (χ4n) is 14.0. The predicted molar refractivity (Wildman–Crippen MR) is 296 cm³/mol. The van der Waals surface area contributed by atoms with Gasteiger partial charge in [-0.1, -0.05) is 172 Å². The highest BCUT2D eigenvalue weighted by atomic mass is 15.3. The molecule has 4 unspecified atom stereocenters. The molecule has 2 aliphatic heterocycles. The van der Waals surface area contributed by atoms with Gasteiger partial charge in [0, 0.05) is 33.6 Å². The Morgan fingerprint density at radius 3 is 1.13 bits per heavy atom. The van der Waals surface area contributed by atoms with E-state index in [1.54, 1.807) is 0 Å². The van der Waals surface area contributed by atoms with Gasteiger partial charge in [0.05, 0.1) is 11.1 Å². The summed E-state index contributed by atoms with van der Waals surface area (Å²) < 4.78 is 0. The number of nitrogens with zero attached hydrogens (tertiary/aromatic N) is 2. The quantitative estimate of drug-likeness (QED) is 0.153. The van der Waals surface area contributed by atoms with Gasteiger partial charge in [-0.25, -0.2) is 0 Å². The van der Waals surface area contributed by atoms with Gasteiger partial charge >= 0.3 is 0 Å². The molecule has 15 rings (SSSR count). The second-order valence-electron chi connectivity index (χ2n) is 21.7. The van der Waals surface area contributed by atoms with Crippen LogP contribution < -0.4 is 9.80 Å². The third kappa shape index (κ3) is 5.23. The molecule has 11 aromatic carbocycles. The van der Waals surface area contributed by atoms with Gasteiger partial charge in [0.25, 0.3) is 0 Å². The molecule has 0 radical (unpaired) electrons. The number of hydrogen-bond donors (Lipinski definition) is 0. The van der Waals surface area contributed by atoms with E-state index in [1.807, 2.05) is 0 Å². The molecule has 2 heteroatoms. The number of para-hydroxylation sites is 2. The van der Waals surface area contributed by atoms with Crippen molar-refractivity contribution in [2.45, 2.75) is 62.4 Å². The number of anilines is 4. The van der Waals surface area contributed by atoms with Crippen LogP contribution in [0.5, 0.6) is 0 Å². The van der Waals surface area contributed by atoms with Gasteiger partial charge < -0.3 is 9.80 Å². The summed E-state index contributed by atoms with van der Waals surface area (Å²) in [6.07, 6.45) is 2.29. The van der Waals surface area contributed by atoms with E-state index in [2.05, 4.69) is 256 Å². The van der Waals surface area contributed by atoms with Crippen molar-refractivity contribution in [1.29, 1.82) is 0 Å². The third-order valence-electron chi connectivity index (χ3n) is 18.1. The summed E-state index contributed by atoms with van der Waals surface area (Å²) in [5, 5.41) is 10.1. The highest BCUT2D eigenvalue weighted by Crippen LogP contribution is 2.72. The van der Waals surface area contributed by atoms with Crippen molar-refractivity contribution in [3.05, 3.63) is 230 Å². The number of rotatable bonds is 6. The first kappa shape index (κ1) is 40.0. The number of hydrogen-bond acceptors (Lipinski definition) is 2. The molecule has 2 fully saturated rings. The maximum atomic E-state index is 2.60. The largest absolute Gasteiger partial charge is 0.334 e. The van der Waals surface area contributed by atoms with E-state index >= 15 is 0 Å². The molecule has 2 aliphatic carbocycles. The normalized spacial score (nSPS) is 22.6. The standard InChI is InChI=1S/C68H52N2/c1-65-41-67(65,3)69(49-21-7-5-8-22-49)61-35-31-47(39-59(61)65)45-29-33-55-57(37-45)63(53-27-15-19-43-17-11-13-25-51(43)53)56-34-30-46(38-58(56)64(55)54-28-16-20-44-18-12-14-26-52(44)54)48-32-36-62-60(40-48)66(2)42-68(66,4)70(62)50-23-9-6-10-24-50/h5-40H,41-42H2,1-4H3. The Kier molecular flexibility index (Phi) is 7.92. The summed E-state index contributed by atoms with van der Waals surface area (Å²) >= 11 is 0. The van der Waals surface area contributed by atoms with Crippen LogP contribution in [0.1, 0.15) is 51.7 Å². The van der Waals surface area contributed by atoms with Gasteiger partial charge in [-0.05, 0) is 186 Å². The molecule has 0 spiro atoms. The second-order valence-corrected chi connectivity index (χ2v) is 21.7. The average molecular weight is 897 g/mol. The Morgan fingerprint density at radius 1 is 0.314 bits per heavy atom. The molecule has 2 heterocycles.